The smallest absolute Gasteiger partial charge is 0.0538 e. The molecule has 1 fully saturated rings. The summed E-state index contributed by atoms with van der Waals surface area (Å²) in [5.74, 6) is 0.634. The molecular formula is C13H24N4O. The molecule has 2 N–H and O–H groups in total. The standard InChI is InChI=1S/C13H24N4O/c1-16(8-11-4-3-5-18-10-11)13(6-14)12-7-15-17(2)9-12/h7,9,11,13H,3-6,8,10,14H2,1-2H3. The molecule has 1 saturated heterocycles. The molecular weight excluding hydrogens is 228 g/mol. The summed E-state index contributed by atoms with van der Waals surface area (Å²) in [6, 6.07) is 0.251. The van der Waals surface area contributed by atoms with E-state index < -0.39 is 0 Å². The molecule has 0 saturated carbocycles. The Bertz CT molecular complexity index is 360. The zero-order chi connectivity index (χ0) is 13.0. The van der Waals surface area contributed by atoms with Crippen LogP contribution in [0.2, 0.25) is 0 Å². The van der Waals surface area contributed by atoms with E-state index in [1.54, 1.807) is 0 Å². The lowest BCUT2D eigenvalue weighted by Gasteiger charge is -2.31. The minimum absolute atomic E-state index is 0.251. The van der Waals surface area contributed by atoms with Gasteiger partial charge in [0.15, 0.2) is 0 Å². The number of aromatic nitrogens is 2. The average molecular weight is 252 g/mol. The molecule has 2 rings (SSSR count). The summed E-state index contributed by atoms with van der Waals surface area (Å²) in [5.41, 5.74) is 7.10. The van der Waals surface area contributed by atoms with E-state index in [0.29, 0.717) is 12.5 Å². The third-order valence-corrected chi connectivity index (χ3v) is 3.67. The fourth-order valence-electron chi connectivity index (χ4n) is 2.67. The van der Waals surface area contributed by atoms with E-state index in [0.717, 1.165) is 19.8 Å². The molecule has 0 bridgehead atoms. The molecule has 2 heterocycles. The summed E-state index contributed by atoms with van der Waals surface area (Å²) in [7, 11) is 4.07. The van der Waals surface area contributed by atoms with E-state index >= 15 is 0 Å². The molecule has 0 radical (unpaired) electrons. The first-order chi connectivity index (χ1) is 8.70. The molecule has 1 aliphatic rings. The summed E-state index contributed by atoms with van der Waals surface area (Å²) in [5, 5.41) is 4.22. The maximum Gasteiger partial charge on any atom is 0.0538 e. The lowest BCUT2D eigenvalue weighted by molar-refractivity contribution is 0.0365. The number of nitrogens with zero attached hydrogens (tertiary/aromatic N) is 3. The van der Waals surface area contributed by atoms with Gasteiger partial charge in [0.2, 0.25) is 0 Å². The molecule has 102 valence electrons. The number of likely N-dealkylation sites (N-methyl/N-ethyl adjacent to an activating group) is 1. The van der Waals surface area contributed by atoms with Crippen molar-refractivity contribution in [2.45, 2.75) is 18.9 Å². The molecule has 0 spiro atoms. The van der Waals surface area contributed by atoms with E-state index in [9.17, 15) is 0 Å². The zero-order valence-corrected chi connectivity index (χ0v) is 11.4. The zero-order valence-electron chi connectivity index (χ0n) is 11.4. The van der Waals surface area contributed by atoms with Gasteiger partial charge < -0.3 is 10.5 Å². The van der Waals surface area contributed by atoms with Gasteiger partial charge >= 0.3 is 0 Å². The van der Waals surface area contributed by atoms with Crippen LogP contribution in [0.25, 0.3) is 0 Å². The molecule has 0 aromatic carbocycles. The van der Waals surface area contributed by atoms with Crippen LogP contribution in [0, 0.1) is 5.92 Å². The quantitative estimate of drug-likeness (QED) is 0.841. The van der Waals surface area contributed by atoms with Gasteiger partial charge in [0, 0.05) is 44.5 Å². The third-order valence-electron chi connectivity index (χ3n) is 3.67. The highest BCUT2D eigenvalue weighted by Gasteiger charge is 2.22. The minimum atomic E-state index is 0.251. The summed E-state index contributed by atoms with van der Waals surface area (Å²) in [6.07, 6.45) is 6.39. The Hall–Kier alpha value is -0.910. The molecule has 0 amide bonds. The molecule has 1 aliphatic heterocycles. The lowest BCUT2D eigenvalue weighted by Crippen LogP contribution is -2.36. The summed E-state index contributed by atoms with van der Waals surface area (Å²) in [4.78, 5) is 2.33. The van der Waals surface area contributed by atoms with Gasteiger partial charge in [-0.15, -0.1) is 0 Å². The molecule has 0 aliphatic carbocycles. The van der Waals surface area contributed by atoms with Gasteiger partial charge in [-0.1, -0.05) is 0 Å². The monoisotopic (exact) mass is 252 g/mol. The van der Waals surface area contributed by atoms with Gasteiger partial charge in [0.25, 0.3) is 0 Å². The fraction of sp³-hybridized carbons (Fsp3) is 0.769. The van der Waals surface area contributed by atoms with E-state index in [2.05, 4.69) is 17.0 Å². The van der Waals surface area contributed by atoms with Crippen molar-refractivity contribution in [3.05, 3.63) is 18.0 Å². The molecule has 2 unspecified atom stereocenters. The first-order valence-electron chi connectivity index (χ1n) is 6.67. The molecule has 2 atom stereocenters. The first-order valence-corrected chi connectivity index (χ1v) is 6.67. The SMILES string of the molecule is CN(CC1CCCOC1)C(CN)c1cnn(C)c1. The van der Waals surface area contributed by atoms with Crippen molar-refractivity contribution in [2.75, 3.05) is 33.4 Å². The van der Waals surface area contributed by atoms with Crippen molar-refractivity contribution >= 4 is 0 Å². The van der Waals surface area contributed by atoms with Crippen LogP contribution < -0.4 is 5.73 Å². The van der Waals surface area contributed by atoms with Gasteiger partial charge in [0.05, 0.1) is 12.8 Å². The minimum Gasteiger partial charge on any atom is -0.381 e. The summed E-state index contributed by atoms with van der Waals surface area (Å²) < 4.78 is 7.36. The van der Waals surface area contributed by atoms with Crippen LogP contribution >= 0.6 is 0 Å². The molecule has 1 aromatic heterocycles. The highest BCUT2D eigenvalue weighted by molar-refractivity contribution is 5.11. The Morgan fingerprint density at radius 3 is 3.06 bits per heavy atom. The van der Waals surface area contributed by atoms with Crippen LogP contribution in [-0.4, -0.2) is 48.0 Å². The van der Waals surface area contributed by atoms with Crippen molar-refractivity contribution in [3.8, 4) is 0 Å². The molecule has 5 heteroatoms. The number of ether oxygens (including phenoxy) is 1. The highest BCUT2D eigenvalue weighted by atomic mass is 16.5. The van der Waals surface area contributed by atoms with E-state index in [1.807, 2.05) is 24.1 Å². The lowest BCUT2D eigenvalue weighted by atomic mass is 10.0. The Kier molecular flexibility index (Phi) is 4.74. The number of hydrogen-bond acceptors (Lipinski definition) is 4. The van der Waals surface area contributed by atoms with Crippen LogP contribution in [0.1, 0.15) is 24.4 Å². The van der Waals surface area contributed by atoms with E-state index in [4.69, 9.17) is 10.5 Å². The maximum absolute atomic E-state index is 5.91. The topological polar surface area (TPSA) is 56.3 Å². The number of rotatable bonds is 5. The second kappa shape index (κ2) is 6.31. The van der Waals surface area contributed by atoms with Crippen LogP contribution in [0.5, 0.6) is 0 Å². The maximum atomic E-state index is 5.91. The second-order valence-corrected chi connectivity index (χ2v) is 5.22. The molecule has 5 nitrogen and oxygen atoms in total. The largest absolute Gasteiger partial charge is 0.381 e. The van der Waals surface area contributed by atoms with Crippen LogP contribution in [0.15, 0.2) is 12.4 Å². The van der Waals surface area contributed by atoms with E-state index in [-0.39, 0.29) is 6.04 Å². The van der Waals surface area contributed by atoms with Crippen LogP contribution in [0.4, 0.5) is 0 Å². The molecule has 1 aromatic rings. The second-order valence-electron chi connectivity index (χ2n) is 5.22. The predicted molar refractivity (Wildman–Crippen MR) is 71.2 cm³/mol. The molecule has 18 heavy (non-hydrogen) atoms. The van der Waals surface area contributed by atoms with E-state index in [1.165, 1.54) is 18.4 Å². The summed E-state index contributed by atoms with van der Waals surface area (Å²) in [6.45, 7) is 3.46. The fourth-order valence-corrected chi connectivity index (χ4v) is 2.67. The third kappa shape index (κ3) is 3.31. The van der Waals surface area contributed by atoms with Crippen LogP contribution in [-0.2, 0) is 11.8 Å². The van der Waals surface area contributed by atoms with Gasteiger partial charge in [0.1, 0.15) is 0 Å². The van der Waals surface area contributed by atoms with Gasteiger partial charge in [-0.3, -0.25) is 9.58 Å². The van der Waals surface area contributed by atoms with Crippen molar-refractivity contribution in [2.24, 2.45) is 18.7 Å². The Balaban J connectivity index is 1.94. The van der Waals surface area contributed by atoms with Crippen molar-refractivity contribution in [1.29, 1.82) is 0 Å². The Morgan fingerprint density at radius 1 is 1.67 bits per heavy atom. The first kappa shape index (κ1) is 13.5. The average Bonchev–Trinajstić information content (AvgIpc) is 2.78. The highest BCUT2D eigenvalue weighted by Crippen LogP contribution is 2.21. The van der Waals surface area contributed by atoms with Crippen molar-refractivity contribution in [3.63, 3.8) is 0 Å². The van der Waals surface area contributed by atoms with Crippen molar-refractivity contribution in [1.82, 2.24) is 14.7 Å². The van der Waals surface area contributed by atoms with Crippen molar-refractivity contribution < 1.29 is 4.74 Å². The number of hydrogen-bond donors (Lipinski definition) is 1. The van der Waals surface area contributed by atoms with Crippen LogP contribution in [0.3, 0.4) is 0 Å². The normalized spacial score (nSPS) is 22.3. The van der Waals surface area contributed by atoms with Gasteiger partial charge in [-0.25, -0.2) is 0 Å². The number of nitrogens with two attached hydrogens (primary N) is 1. The number of aryl methyl sites for hydroxylation is 1. The predicted octanol–water partition coefficient (Wildman–Crippen LogP) is 0.778. The van der Waals surface area contributed by atoms with Gasteiger partial charge in [-0.05, 0) is 25.8 Å². The Morgan fingerprint density at radius 2 is 2.50 bits per heavy atom. The summed E-state index contributed by atoms with van der Waals surface area (Å²) >= 11 is 0. The Labute approximate surface area is 109 Å². The van der Waals surface area contributed by atoms with Gasteiger partial charge in [-0.2, -0.15) is 5.10 Å².